The van der Waals surface area contributed by atoms with Gasteiger partial charge in [0.25, 0.3) is 0 Å². The van der Waals surface area contributed by atoms with E-state index in [0.29, 0.717) is 57.8 Å². The number of ether oxygens (including phenoxy) is 11. The lowest BCUT2D eigenvalue weighted by Gasteiger charge is -2.64. The Morgan fingerprint density at radius 3 is 1.92 bits per heavy atom. The molecule has 3 saturated carbocycles. The molecule has 0 aromatic heterocycles. The van der Waals surface area contributed by atoms with Crippen molar-refractivity contribution in [2.45, 2.75) is 260 Å². The molecule has 1 spiro atoms. The van der Waals surface area contributed by atoms with E-state index in [4.69, 9.17) is 56.3 Å². The molecule has 28 heteroatoms. The van der Waals surface area contributed by atoms with Crippen LogP contribution in [-0.4, -0.2) is 243 Å². The molecule has 5 heterocycles. The first-order valence-electron chi connectivity index (χ1n) is 29.3. The summed E-state index contributed by atoms with van der Waals surface area (Å²) >= 11 is 0. The lowest BCUT2D eigenvalue weighted by molar-refractivity contribution is -0.389. The molecule has 4 aliphatic carbocycles. The molecule has 0 amide bonds. The number of carbonyl (C=O) groups excluding carboxylic acids is 2. The average Bonchev–Trinajstić information content (AvgIpc) is 1.44. The number of fused-ring (bicyclic) bond motifs is 4. The Hall–Kier alpha value is -2.21. The third-order valence-electron chi connectivity index (χ3n) is 21.0. The zero-order valence-electron chi connectivity index (χ0n) is 49.3. The summed E-state index contributed by atoms with van der Waals surface area (Å²) in [4.78, 5) is 26.4. The lowest BCUT2D eigenvalue weighted by atomic mass is 9.40. The highest BCUT2D eigenvalue weighted by atomic mass is 32.3. The van der Waals surface area contributed by atoms with Crippen LogP contribution in [0.15, 0.2) is 11.6 Å². The van der Waals surface area contributed by atoms with E-state index < -0.39 is 192 Å². The molecule has 13 unspecified atom stereocenters. The van der Waals surface area contributed by atoms with Crippen LogP contribution in [0.3, 0.4) is 0 Å². The van der Waals surface area contributed by atoms with Gasteiger partial charge < -0.3 is 103 Å². The van der Waals surface area contributed by atoms with Crippen LogP contribution in [-0.2, 0) is 76.3 Å². The van der Waals surface area contributed by atoms with Crippen molar-refractivity contribution in [3.8, 4) is 0 Å². The fourth-order valence-corrected chi connectivity index (χ4v) is 17.4. The minimum Gasteiger partial charge on any atom is -0.460 e. The number of methoxy groups -OCH3 is 1. The number of aliphatic hydroxyl groups is 10. The highest BCUT2D eigenvalue weighted by Crippen LogP contribution is 2.76. The van der Waals surface area contributed by atoms with Gasteiger partial charge in [0.05, 0.1) is 38.1 Å². The Balaban J connectivity index is 0.898. The van der Waals surface area contributed by atoms with Gasteiger partial charge in [-0.1, -0.05) is 39.3 Å². The largest absolute Gasteiger partial charge is 0.460 e. The Morgan fingerprint density at radius 2 is 1.31 bits per heavy atom. The van der Waals surface area contributed by atoms with Crippen molar-refractivity contribution in [1.29, 1.82) is 0 Å². The summed E-state index contributed by atoms with van der Waals surface area (Å²) in [6, 6.07) is 0. The first-order chi connectivity index (χ1) is 39.1. The standard InChI is InChI=1S/C56H90O27S/c1-24-42(78-48-41(67)44(36(62)29(22-58)76-48)79-47-40(66)43(72-10)35(61)28(21-57)75-47)38(64)39(65)46(74-24)80-45-37(63)30(83-84(69,70)71)23-73-49(45)77-34-15-18-53(7)27-20-33(60)56-32(14-19-54(56,8)26(27)12-13-31(53)52(34,5)6)55(9,82-50(56)68)17-11-16-51(3,4)81-25(2)59/h20,24,26,28-49,57-58,60-67H,11-19,21-23H2,1-10H3,(H,69,70,71)/t24?,26?,28?,29?,30-,31?,32-,33+,34+,35-,36-,37?,38?,39?,40?,41?,42-,43?,44?,45?,46+,47+,48+,49+,53-,54+,55+,56+/m1/s1. The molecule has 27 nitrogen and oxygen atoms in total. The minimum atomic E-state index is -5.19. The van der Waals surface area contributed by atoms with Crippen LogP contribution in [0.25, 0.3) is 0 Å². The van der Waals surface area contributed by atoms with Gasteiger partial charge in [0, 0.05) is 20.0 Å². The quantitative estimate of drug-likeness (QED) is 0.0345. The van der Waals surface area contributed by atoms with Crippen LogP contribution in [0.5, 0.6) is 0 Å². The predicted octanol–water partition coefficient (Wildman–Crippen LogP) is -0.824. The van der Waals surface area contributed by atoms with E-state index in [1.165, 1.54) is 21.0 Å². The molecule has 9 rings (SSSR count). The van der Waals surface area contributed by atoms with Gasteiger partial charge in [-0.2, -0.15) is 8.42 Å². The SMILES string of the molecule is COC1C(O)[C@H](OC2C(O)[C@H](O[C@@H]3C(C)O[C@@H](OC4C(O)[C@H](OS(=O)(=O)O)CO[C@H]4O[C@H]4CC[C@]5(C)C6=C[C@H](O)[C@]78C(=O)O[C@@](C)(CCCC(C)(C)OC(C)=O)[C@H]7CC[C@@]8(C)C6CCC5C4(C)C)C(O)C3O)OC(CO)[C@H]2O)OC(CO)[C@H]1O. The Morgan fingerprint density at radius 1 is 0.714 bits per heavy atom. The van der Waals surface area contributed by atoms with Gasteiger partial charge in [-0.3, -0.25) is 14.1 Å². The summed E-state index contributed by atoms with van der Waals surface area (Å²) in [7, 11) is -4.01. The molecular weight excluding hydrogens is 1140 g/mol. The van der Waals surface area contributed by atoms with Crippen molar-refractivity contribution in [3.05, 3.63) is 11.6 Å². The molecular formula is C56H90O27S. The Kier molecular flexibility index (Phi) is 19.1. The molecule has 5 saturated heterocycles. The molecule has 0 radical (unpaired) electrons. The number of esters is 2. The number of carbonyl (C=O) groups is 2. The zero-order chi connectivity index (χ0) is 61.8. The van der Waals surface area contributed by atoms with Crippen molar-refractivity contribution in [3.63, 3.8) is 0 Å². The van der Waals surface area contributed by atoms with E-state index in [9.17, 15) is 73.6 Å². The van der Waals surface area contributed by atoms with Crippen LogP contribution in [0, 0.1) is 39.4 Å². The molecule has 8 fully saturated rings. The second kappa shape index (κ2) is 24.2. The monoisotopic (exact) mass is 1230 g/mol. The van der Waals surface area contributed by atoms with Gasteiger partial charge in [0.1, 0.15) is 102 Å². The number of cyclic esters (lactones) is 1. The maximum atomic E-state index is 14.6. The molecule has 11 N–H and O–H groups in total. The highest BCUT2D eigenvalue weighted by Gasteiger charge is 2.79. The smallest absolute Gasteiger partial charge is 0.397 e. The Bertz CT molecular complexity index is 2500. The molecule has 28 atom stereocenters. The fourth-order valence-electron chi connectivity index (χ4n) is 16.9. The van der Waals surface area contributed by atoms with E-state index in [0.717, 1.165) is 5.57 Å². The first-order valence-corrected chi connectivity index (χ1v) is 30.7. The number of aliphatic hydroxyl groups excluding tert-OH is 10. The van der Waals surface area contributed by atoms with Gasteiger partial charge in [-0.15, -0.1) is 0 Å². The molecule has 9 aliphatic rings. The van der Waals surface area contributed by atoms with Crippen LogP contribution < -0.4 is 0 Å². The van der Waals surface area contributed by atoms with Gasteiger partial charge in [-0.25, -0.2) is 4.18 Å². The van der Waals surface area contributed by atoms with Crippen LogP contribution >= 0.6 is 0 Å². The lowest BCUT2D eigenvalue weighted by Crippen LogP contribution is -2.67. The second-order valence-electron chi connectivity index (χ2n) is 26.8. The molecule has 482 valence electrons. The number of hydrogen-bond donors (Lipinski definition) is 11. The normalized spacial score (nSPS) is 49.4. The van der Waals surface area contributed by atoms with E-state index in [2.05, 4.69) is 27.7 Å². The number of hydrogen-bond acceptors (Lipinski definition) is 26. The topological polar surface area (TPSA) is 402 Å². The third-order valence-corrected chi connectivity index (χ3v) is 21.5. The summed E-state index contributed by atoms with van der Waals surface area (Å²) in [6.45, 7) is 14.7. The molecule has 0 aromatic rings. The van der Waals surface area contributed by atoms with Crippen molar-refractivity contribution >= 4 is 22.3 Å². The zero-order valence-corrected chi connectivity index (χ0v) is 50.1. The van der Waals surface area contributed by atoms with E-state index in [1.807, 2.05) is 26.8 Å². The van der Waals surface area contributed by atoms with E-state index in [1.54, 1.807) is 0 Å². The molecule has 84 heavy (non-hydrogen) atoms. The summed E-state index contributed by atoms with van der Waals surface area (Å²) in [5, 5.41) is 112. The van der Waals surface area contributed by atoms with Gasteiger partial charge >= 0.3 is 22.3 Å². The second-order valence-corrected chi connectivity index (χ2v) is 27.8. The maximum Gasteiger partial charge on any atom is 0.397 e. The summed E-state index contributed by atoms with van der Waals surface area (Å²) < 4.78 is 104. The van der Waals surface area contributed by atoms with Crippen molar-refractivity contribution in [2.24, 2.45) is 39.4 Å². The van der Waals surface area contributed by atoms with E-state index in [-0.39, 0.29) is 29.7 Å². The molecule has 0 aromatic carbocycles. The van der Waals surface area contributed by atoms with Crippen LogP contribution in [0.2, 0.25) is 0 Å². The maximum absolute atomic E-state index is 14.6. The fraction of sp³-hybridized carbons (Fsp3) is 0.929. The van der Waals surface area contributed by atoms with Gasteiger partial charge in [-0.05, 0) is 114 Å². The highest BCUT2D eigenvalue weighted by molar-refractivity contribution is 7.80. The summed E-state index contributed by atoms with van der Waals surface area (Å²) in [5.74, 6) is -1.16. The van der Waals surface area contributed by atoms with Crippen molar-refractivity contribution < 1.29 is 130 Å². The summed E-state index contributed by atoms with van der Waals surface area (Å²) in [5.41, 5.74) is -3.45. The average molecular weight is 1230 g/mol. The van der Waals surface area contributed by atoms with Gasteiger partial charge in [0.2, 0.25) is 0 Å². The first kappa shape index (κ1) is 66.2. The van der Waals surface area contributed by atoms with Crippen molar-refractivity contribution in [2.75, 3.05) is 26.9 Å². The summed E-state index contributed by atoms with van der Waals surface area (Å²) in [6.07, 6.45) is -26.6. The number of allylic oxidation sites excluding steroid dienone is 1. The minimum absolute atomic E-state index is 0.0623. The Labute approximate surface area is 489 Å². The molecule has 5 aliphatic heterocycles. The van der Waals surface area contributed by atoms with Crippen LogP contribution in [0.4, 0.5) is 0 Å². The van der Waals surface area contributed by atoms with Crippen molar-refractivity contribution in [1.82, 2.24) is 0 Å². The van der Waals surface area contributed by atoms with Gasteiger partial charge in [0.15, 0.2) is 25.2 Å². The van der Waals surface area contributed by atoms with E-state index >= 15 is 0 Å². The van der Waals surface area contributed by atoms with Crippen LogP contribution in [0.1, 0.15) is 120 Å². The third kappa shape index (κ3) is 11.5. The number of rotatable bonds is 18. The molecule has 0 bridgehead atoms. The predicted molar refractivity (Wildman–Crippen MR) is 283 cm³/mol.